The zero-order chi connectivity index (χ0) is 21.7. The van der Waals surface area contributed by atoms with Gasteiger partial charge in [-0.05, 0) is 36.4 Å². The van der Waals surface area contributed by atoms with Gasteiger partial charge in [0.1, 0.15) is 5.56 Å². The summed E-state index contributed by atoms with van der Waals surface area (Å²) in [5.74, 6) is -3.00. The van der Waals surface area contributed by atoms with E-state index in [-0.39, 0.29) is 5.82 Å². The van der Waals surface area contributed by atoms with Crippen LogP contribution < -0.4 is 5.32 Å². The van der Waals surface area contributed by atoms with Crippen LogP contribution in [-0.2, 0) is 0 Å². The third-order valence-corrected chi connectivity index (χ3v) is 5.14. The molecule has 3 rings (SSSR count). The number of carbonyl (C=O) groups is 1. The first-order chi connectivity index (χ1) is 14.4. The molecular weight excluding hydrogens is 406 g/mol. The summed E-state index contributed by atoms with van der Waals surface area (Å²) in [7, 11) is 0. The van der Waals surface area contributed by atoms with Crippen LogP contribution in [0.25, 0.3) is 16.2 Å². The van der Waals surface area contributed by atoms with Gasteiger partial charge in [0.2, 0.25) is 0 Å². The third-order valence-electron chi connectivity index (χ3n) is 4.24. The normalized spacial score (nSPS) is 11.3. The molecule has 152 valence electrons. The molecule has 0 saturated heterocycles. The van der Waals surface area contributed by atoms with Crippen molar-refractivity contribution in [3.8, 4) is 11.3 Å². The molecule has 0 atom stereocenters. The van der Waals surface area contributed by atoms with Crippen molar-refractivity contribution in [2.45, 2.75) is 13.8 Å². The Balaban J connectivity index is 1.86. The highest BCUT2D eigenvalue weighted by molar-refractivity contribution is 8.10. The van der Waals surface area contributed by atoms with E-state index >= 15 is 0 Å². The lowest BCUT2D eigenvalue weighted by atomic mass is 10.0. The van der Waals surface area contributed by atoms with Gasteiger partial charge in [0.25, 0.3) is 5.91 Å². The smallest absolute Gasteiger partial charge is 0.262 e. The van der Waals surface area contributed by atoms with Crippen LogP contribution in [-0.4, -0.2) is 20.9 Å². The molecule has 2 heterocycles. The predicted molar refractivity (Wildman–Crippen MR) is 116 cm³/mol. The van der Waals surface area contributed by atoms with Crippen LogP contribution in [0.4, 0.5) is 14.6 Å². The molecule has 0 aliphatic carbocycles. The Morgan fingerprint density at radius 2 is 1.87 bits per heavy atom. The summed E-state index contributed by atoms with van der Waals surface area (Å²) in [4.78, 5) is 25.1. The quantitative estimate of drug-likeness (QED) is 0.557. The van der Waals surface area contributed by atoms with E-state index in [4.69, 9.17) is 0 Å². The summed E-state index contributed by atoms with van der Waals surface area (Å²) < 4.78 is 27.4. The Morgan fingerprint density at radius 3 is 2.47 bits per heavy atom. The second-order valence-electron chi connectivity index (χ2n) is 6.19. The number of rotatable bonds is 6. The van der Waals surface area contributed by atoms with E-state index in [1.165, 1.54) is 24.2 Å². The molecule has 0 aliphatic rings. The highest BCUT2D eigenvalue weighted by atomic mass is 32.2. The Labute approximate surface area is 177 Å². The molecule has 3 aromatic rings. The van der Waals surface area contributed by atoms with Crippen molar-refractivity contribution in [1.29, 1.82) is 0 Å². The molecule has 30 heavy (non-hydrogen) atoms. The second kappa shape index (κ2) is 9.41. The van der Waals surface area contributed by atoms with Crippen molar-refractivity contribution < 1.29 is 13.6 Å². The number of aryl methyl sites for hydroxylation is 1. The molecule has 0 bridgehead atoms. The summed E-state index contributed by atoms with van der Waals surface area (Å²) in [6, 6.07) is 6.01. The zero-order valence-electron chi connectivity index (χ0n) is 16.3. The van der Waals surface area contributed by atoms with Crippen LogP contribution >= 0.6 is 11.8 Å². The first kappa shape index (κ1) is 21.3. The number of anilines is 1. The van der Waals surface area contributed by atoms with Crippen LogP contribution in [0.2, 0.25) is 0 Å². The maximum Gasteiger partial charge on any atom is 0.262 e. The number of hydrogen-bond donors (Lipinski definition) is 1. The van der Waals surface area contributed by atoms with E-state index in [9.17, 15) is 13.6 Å². The van der Waals surface area contributed by atoms with Crippen LogP contribution in [0, 0.1) is 18.6 Å². The van der Waals surface area contributed by atoms with Gasteiger partial charge in [0, 0.05) is 10.5 Å². The number of hydrogen-bond acceptors (Lipinski definition) is 5. The number of amides is 1. The second-order valence-corrected chi connectivity index (χ2v) is 7.20. The first-order valence-electron chi connectivity index (χ1n) is 8.92. The van der Waals surface area contributed by atoms with Crippen molar-refractivity contribution in [3.05, 3.63) is 89.4 Å². The minimum absolute atomic E-state index is 0.0736. The molecule has 1 aromatic carbocycles. The van der Waals surface area contributed by atoms with Gasteiger partial charge < -0.3 is 5.32 Å². The van der Waals surface area contributed by atoms with Gasteiger partial charge in [-0.25, -0.2) is 13.8 Å². The number of aromatic nitrogens is 3. The highest BCUT2D eigenvalue weighted by Crippen LogP contribution is 2.32. The van der Waals surface area contributed by atoms with E-state index in [1.807, 2.05) is 38.1 Å². The number of pyridine rings is 1. The molecule has 0 aliphatic heterocycles. The van der Waals surface area contributed by atoms with Crippen LogP contribution in [0.5, 0.6) is 0 Å². The fourth-order valence-electron chi connectivity index (χ4n) is 2.78. The van der Waals surface area contributed by atoms with Crippen LogP contribution in [0.1, 0.15) is 28.4 Å². The average molecular weight is 424 g/mol. The maximum atomic E-state index is 13.7. The zero-order valence-corrected chi connectivity index (χ0v) is 17.1. The summed E-state index contributed by atoms with van der Waals surface area (Å²) in [5, 5.41) is 4.11. The van der Waals surface area contributed by atoms with Crippen LogP contribution in [0.15, 0.2) is 61.0 Å². The number of nitrogens with zero attached hydrogens (tertiary/aromatic N) is 3. The maximum absolute atomic E-state index is 13.7. The molecule has 2 aromatic heterocycles. The minimum atomic E-state index is -1.05. The van der Waals surface area contributed by atoms with Gasteiger partial charge in [0.15, 0.2) is 17.5 Å². The van der Waals surface area contributed by atoms with Gasteiger partial charge in [-0.2, -0.15) is 0 Å². The van der Waals surface area contributed by atoms with Crippen molar-refractivity contribution in [2.24, 2.45) is 0 Å². The summed E-state index contributed by atoms with van der Waals surface area (Å²) in [5.41, 5.74) is 2.79. The molecular formula is C22H18F2N4OS. The van der Waals surface area contributed by atoms with Gasteiger partial charge in [-0.1, -0.05) is 36.5 Å². The molecule has 0 saturated carbocycles. The summed E-state index contributed by atoms with van der Waals surface area (Å²) in [6.07, 6.45) is 6.38. The van der Waals surface area contributed by atoms with Crippen molar-refractivity contribution in [3.63, 3.8) is 0 Å². The largest absolute Gasteiger partial charge is 0.305 e. The number of halogens is 2. The lowest BCUT2D eigenvalue weighted by Gasteiger charge is -2.11. The fraction of sp³-hybridized carbons (Fsp3) is 0.0909. The Hall–Kier alpha value is -3.39. The van der Waals surface area contributed by atoms with Crippen molar-refractivity contribution in [2.75, 3.05) is 5.32 Å². The standard InChI is InChI=1S/C22H18F2N4OS/c1-4-19(30-5-2)14-7-6-13(3)15(8-14)18-11-27-20(12-26-18)28-22(29)21-16(23)9-25-10-17(21)24/h4-12H,2H2,1,3H3,(H,27,28,29)/b19-4-. The first-order valence-corrected chi connectivity index (χ1v) is 9.80. The highest BCUT2D eigenvalue weighted by Gasteiger charge is 2.18. The number of allylic oxidation sites excluding steroid dienone is 1. The number of benzene rings is 1. The number of carbonyl (C=O) groups excluding carboxylic acids is 1. The Morgan fingerprint density at radius 1 is 1.13 bits per heavy atom. The van der Waals surface area contributed by atoms with Gasteiger partial charge in [-0.15, -0.1) is 0 Å². The summed E-state index contributed by atoms with van der Waals surface area (Å²) >= 11 is 1.52. The van der Waals surface area contributed by atoms with Gasteiger partial charge in [0.05, 0.1) is 30.5 Å². The Bertz CT molecular complexity index is 1110. The van der Waals surface area contributed by atoms with E-state index in [0.717, 1.165) is 34.0 Å². The Kier molecular flexibility index (Phi) is 6.68. The lowest BCUT2D eigenvalue weighted by molar-refractivity contribution is 0.101. The van der Waals surface area contributed by atoms with Crippen LogP contribution in [0.3, 0.4) is 0 Å². The molecule has 1 N–H and O–H groups in total. The van der Waals surface area contributed by atoms with E-state index < -0.39 is 23.1 Å². The minimum Gasteiger partial charge on any atom is -0.305 e. The number of nitrogens with one attached hydrogen (secondary N) is 1. The topological polar surface area (TPSA) is 67.8 Å². The fourth-order valence-corrected chi connectivity index (χ4v) is 3.36. The van der Waals surface area contributed by atoms with E-state index in [2.05, 4.69) is 26.8 Å². The molecule has 5 nitrogen and oxygen atoms in total. The van der Waals surface area contributed by atoms with E-state index in [1.54, 1.807) is 5.41 Å². The summed E-state index contributed by atoms with van der Waals surface area (Å²) in [6.45, 7) is 7.67. The molecule has 0 unspecified atom stereocenters. The molecule has 1 amide bonds. The lowest BCUT2D eigenvalue weighted by Crippen LogP contribution is -2.17. The molecule has 0 fully saturated rings. The van der Waals surface area contributed by atoms with Crippen molar-refractivity contribution >= 4 is 28.4 Å². The van der Waals surface area contributed by atoms with Gasteiger partial charge >= 0.3 is 0 Å². The molecule has 0 radical (unpaired) electrons. The SMILES string of the molecule is C=CS/C(=C\C)c1ccc(C)c(-c2cnc(NC(=O)c3c(F)cncc3F)cn2)c1. The predicted octanol–water partition coefficient (Wildman–Crippen LogP) is 5.62. The van der Waals surface area contributed by atoms with Gasteiger partial charge in [-0.3, -0.25) is 14.8 Å². The molecule has 8 heteroatoms. The third kappa shape index (κ3) is 4.60. The van der Waals surface area contributed by atoms with E-state index in [0.29, 0.717) is 5.69 Å². The molecule has 0 spiro atoms. The monoisotopic (exact) mass is 424 g/mol. The van der Waals surface area contributed by atoms with Crippen molar-refractivity contribution in [1.82, 2.24) is 15.0 Å². The number of thioether (sulfide) groups is 1. The average Bonchev–Trinajstić information content (AvgIpc) is 2.73.